The first-order valence-corrected chi connectivity index (χ1v) is 12.3. The average Bonchev–Trinajstić information content (AvgIpc) is 2.84. The lowest BCUT2D eigenvalue weighted by molar-refractivity contribution is 0.469. The summed E-state index contributed by atoms with van der Waals surface area (Å²) in [5.41, 5.74) is 3.97. The number of phenolic OH excluding ortho intramolecular Hbond substituents is 2. The third kappa shape index (κ3) is 4.30. The van der Waals surface area contributed by atoms with Gasteiger partial charge in [0.15, 0.2) is 0 Å². The van der Waals surface area contributed by atoms with E-state index in [0.717, 1.165) is 38.2 Å². The molecule has 0 aromatic heterocycles. The van der Waals surface area contributed by atoms with Gasteiger partial charge >= 0.3 is 0 Å². The van der Waals surface area contributed by atoms with E-state index in [4.69, 9.17) is 4.99 Å². The van der Waals surface area contributed by atoms with E-state index in [1.54, 1.807) is 12.3 Å². The highest BCUT2D eigenvalue weighted by molar-refractivity contribution is 9.10. The Morgan fingerprint density at radius 1 is 0.743 bits per heavy atom. The number of hydrogen-bond donors (Lipinski definition) is 2. The Balaban J connectivity index is 1.77. The average molecular weight is 524 g/mol. The minimum Gasteiger partial charge on any atom is -0.507 e. The maximum absolute atomic E-state index is 11.0. The van der Waals surface area contributed by atoms with Gasteiger partial charge in [0.1, 0.15) is 11.5 Å². The van der Waals surface area contributed by atoms with Crippen LogP contribution in [-0.4, -0.2) is 16.4 Å². The van der Waals surface area contributed by atoms with Gasteiger partial charge < -0.3 is 10.2 Å². The van der Waals surface area contributed by atoms with E-state index in [2.05, 4.69) is 48.8 Å². The van der Waals surface area contributed by atoms with Crippen molar-refractivity contribution >= 4 is 49.4 Å². The fraction of sp³-hybridized carbons (Fsp3) is 0.129. The molecule has 0 amide bonds. The predicted molar refractivity (Wildman–Crippen MR) is 150 cm³/mol. The molecule has 0 unspecified atom stereocenters. The predicted octanol–water partition coefficient (Wildman–Crippen LogP) is 8.88. The molecule has 0 saturated heterocycles. The van der Waals surface area contributed by atoms with Crippen LogP contribution in [0.15, 0.2) is 94.4 Å². The molecule has 174 valence electrons. The standard InChI is InChI=1S/C31H26BrNO2/c1-31(2,3)22-16-21(30(35)25(32)17-22)18-33-26-14-12-19-8-4-6-10-23(19)28(26)29-24-11-7-5-9-20(24)13-15-27(29)34/h4-18,34-35H,1-3H3. The van der Waals surface area contributed by atoms with Gasteiger partial charge in [-0.2, -0.15) is 0 Å². The molecule has 0 saturated carbocycles. The number of aromatic hydroxyl groups is 2. The molecule has 0 bridgehead atoms. The Labute approximate surface area is 213 Å². The highest BCUT2D eigenvalue weighted by Crippen LogP contribution is 2.45. The number of phenols is 2. The van der Waals surface area contributed by atoms with E-state index in [1.807, 2.05) is 66.7 Å². The summed E-state index contributed by atoms with van der Waals surface area (Å²) >= 11 is 3.49. The van der Waals surface area contributed by atoms with Gasteiger partial charge in [-0.1, -0.05) is 81.4 Å². The van der Waals surface area contributed by atoms with E-state index in [0.29, 0.717) is 15.7 Å². The molecule has 0 spiro atoms. The molecule has 0 aliphatic carbocycles. The van der Waals surface area contributed by atoms with Crippen LogP contribution in [-0.2, 0) is 5.41 Å². The fourth-order valence-electron chi connectivity index (χ4n) is 4.44. The Morgan fingerprint density at radius 3 is 2.00 bits per heavy atom. The summed E-state index contributed by atoms with van der Waals surface area (Å²) in [5.74, 6) is 0.355. The largest absolute Gasteiger partial charge is 0.507 e. The van der Waals surface area contributed by atoms with Crippen LogP contribution >= 0.6 is 15.9 Å². The lowest BCUT2D eigenvalue weighted by Crippen LogP contribution is -2.11. The first-order chi connectivity index (χ1) is 16.7. The fourth-order valence-corrected chi connectivity index (χ4v) is 4.92. The molecule has 0 atom stereocenters. The molecule has 0 radical (unpaired) electrons. The van der Waals surface area contributed by atoms with Gasteiger partial charge in [-0.15, -0.1) is 0 Å². The normalized spacial score (nSPS) is 12.1. The van der Waals surface area contributed by atoms with Crippen molar-refractivity contribution in [3.63, 3.8) is 0 Å². The Morgan fingerprint density at radius 2 is 1.34 bits per heavy atom. The van der Waals surface area contributed by atoms with Crippen molar-refractivity contribution in [2.45, 2.75) is 26.2 Å². The van der Waals surface area contributed by atoms with Crippen LogP contribution in [0.4, 0.5) is 5.69 Å². The number of rotatable bonds is 3. The van der Waals surface area contributed by atoms with Crippen molar-refractivity contribution in [3.8, 4) is 22.6 Å². The van der Waals surface area contributed by atoms with Gasteiger partial charge in [-0.25, -0.2) is 0 Å². The molecular weight excluding hydrogens is 498 g/mol. The molecule has 0 fully saturated rings. The highest BCUT2D eigenvalue weighted by Gasteiger charge is 2.19. The van der Waals surface area contributed by atoms with Crippen LogP contribution in [0.25, 0.3) is 32.7 Å². The molecule has 0 heterocycles. The molecule has 5 aromatic carbocycles. The molecule has 5 aromatic rings. The quantitative estimate of drug-likeness (QED) is 0.232. The SMILES string of the molecule is CC(C)(C)c1cc(Br)c(O)c(C=Nc2ccc3ccccc3c2-c2c(O)ccc3ccccc23)c1. The summed E-state index contributed by atoms with van der Waals surface area (Å²) in [7, 11) is 0. The lowest BCUT2D eigenvalue weighted by Gasteiger charge is -2.20. The van der Waals surface area contributed by atoms with Gasteiger partial charge in [-0.05, 0) is 72.7 Å². The molecule has 0 aliphatic rings. The number of halogens is 1. The molecule has 3 nitrogen and oxygen atoms in total. The van der Waals surface area contributed by atoms with Crippen molar-refractivity contribution in [1.82, 2.24) is 0 Å². The van der Waals surface area contributed by atoms with Crippen LogP contribution in [0, 0.1) is 0 Å². The summed E-state index contributed by atoms with van der Waals surface area (Å²) in [6.45, 7) is 6.41. The van der Waals surface area contributed by atoms with Crippen molar-refractivity contribution in [3.05, 3.63) is 101 Å². The van der Waals surface area contributed by atoms with Gasteiger partial charge in [0.25, 0.3) is 0 Å². The van der Waals surface area contributed by atoms with Crippen LogP contribution in [0.5, 0.6) is 11.5 Å². The van der Waals surface area contributed by atoms with Crippen LogP contribution in [0.1, 0.15) is 31.9 Å². The minimum atomic E-state index is -0.0817. The van der Waals surface area contributed by atoms with E-state index in [1.165, 1.54) is 0 Å². The third-order valence-corrected chi connectivity index (χ3v) is 6.97. The highest BCUT2D eigenvalue weighted by atomic mass is 79.9. The zero-order chi connectivity index (χ0) is 24.7. The minimum absolute atomic E-state index is 0.0817. The second kappa shape index (κ2) is 8.86. The zero-order valence-corrected chi connectivity index (χ0v) is 21.5. The maximum Gasteiger partial charge on any atom is 0.138 e. The summed E-state index contributed by atoms with van der Waals surface area (Å²) in [6, 6.07) is 27.7. The number of fused-ring (bicyclic) bond motifs is 2. The van der Waals surface area contributed by atoms with Gasteiger partial charge in [0, 0.05) is 22.9 Å². The molecule has 5 rings (SSSR count). The van der Waals surface area contributed by atoms with Gasteiger partial charge in [-0.3, -0.25) is 4.99 Å². The van der Waals surface area contributed by atoms with Crippen molar-refractivity contribution in [2.24, 2.45) is 4.99 Å². The zero-order valence-electron chi connectivity index (χ0n) is 19.9. The topological polar surface area (TPSA) is 52.8 Å². The van der Waals surface area contributed by atoms with Crippen LogP contribution in [0.2, 0.25) is 0 Å². The number of hydrogen-bond acceptors (Lipinski definition) is 3. The maximum atomic E-state index is 11.0. The molecule has 2 N–H and O–H groups in total. The first kappa shape index (κ1) is 23.1. The molecular formula is C31H26BrNO2. The lowest BCUT2D eigenvalue weighted by atomic mass is 9.86. The van der Waals surface area contributed by atoms with E-state index < -0.39 is 0 Å². The number of nitrogens with zero attached hydrogens (tertiary/aromatic N) is 1. The Hall–Kier alpha value is -3.63. The van der Waals surface area contributed by atoms with Gasteiger partial charge in [0.05, 0.1) is 10.2 Å². The van der Waals surface area contributed by atoms with Crippen LogP contribution in [0.3, 0.4) is 0 Å². The molecule has 35 heavy (non-hydrogen) atoms. The van der Waals surface area contributed by atoms with Crippen molar-refractivity contribution in [2.75, 3.05) is 0 Å². The first-order valence-electron chi connectivity index (χ1n) is 11.5. The van der Waals surface area contributed by atoms with Crippen LogP contribution < -0.4 is 0 Å². The summed E-state index contributed by atoms with van der Waals surface area (Å²) in [4.78, 5) is 4.86. The van der Waals surface area contributed by atoms with E-state index in [-0.39, 0.29) is 16.9 Å². The molecule has 4 heteroatoms. The second-order valence-corrected chi connectivity index (χ2v) is 10.6. The second-order valence-electron chi connectivity index (χ2n) is 9.77. The monoisotopic (exact) mass is 523 g/mol. The van der Waals surface area contributed by atoms with Gasteiger partial charge in [0.2, 0.25) is 0 Å². The third-order valence-electron chi connectivity index (χ3n) is 6.37. The van der Waals surface area contributed by atoms with Crippen molar-refractivity contribution < 1.29 is 10.2 Å². The smallest absolute Gasteiger partial charge is 0.138 e. The Bertz CT molecular complexity index is 1610. The van der Waals surface area contributed by atoms with E-state index in [9.17, 15) is 10.2 Å². The summed E-state index contributed by atoms with van der Waals surface area (Å²) in [6.07, 6.45) is 1.70. The van der Waals surface area contributed by atoms with Crippen molar-refractivity contribution in [1.29, 1.82) is 0 Å². The van der Waals surface area contributed by atoms with E-state index >= 15 is 0 Å². The summed E-state index contributed by atoms with van der Waals surface area (Å²) < 4.78 is 0.636. The number of benzene rings is 5. The summed E-state index contributed by atoms with van der Waals surface area (Å²) in [5, 5.41) is 25.8. The molecule has 0 aliphatic heterocycles. The number of aliphatic imine (C=N–C) groups is 1. The Kier molecular flexibility index (Phi) is 5.86.